The van der Waals surface area contributed by atoms with Gasteiger partial charge < -0.3 is 5.32 Å². The predicted octanol–water partition coefficient (Wildman–Crippen LogP) is 2.42. The Labute approximate surface area is 100 Å². The average Bonchev–Trinajstić information content (AvgIpc) is 2.44. The fourth-order valence-electron chi connectivity index (χ4n) is 1.67. The lowest BCUT2D eigenvalue weighted by atomic mass is 10.1. The first-order valence-corrected chi connectivity index (χ1v) is 6.20. The van der Waals surface area contributed by atoms with Gasteiger partial charge in [-0.3, -0.25) is 4.68 Å². The lowest BCUT2D eigenvalue weighted by Crippen LogP contribution is -2.21. The second kappa shape index (κ2) is 5.66. The van der Waals surface area contributed by atoms with Gasteiger partial charge in [-0.2, -0.15) is 5.10 Å². The summed E-state index contributed by atoms with van der Waals surface area (Å²) in [5.74, 6) is 0. The first-order valence-electron chi connectivity index (χ1n) is 5.41. The molecule has 0 aliphatic rings. The van der Waals surface area contributed by atoms with E-state index in [1.165, 1.54) is 23.0 Å². The van der Waals surface area contributed by atoms with Gasteiger partial charge in [-0.05, 0) is 56.1 Å². The Hall–Kier alpha value is -0.350. The maximum atomic E-state index is 4.38. The summed E-state index contributed by atoms with van der Waals surface area (Å²) in [6.45, 7) is 4.24. The lowest BCUT2D eigenvalue weighted by molar-refractivity contribution is 0.533. The Kier molecular flexibility index (Phi) is 4.80. The summed E-state index contributed by atoms with van der Waals surface area (Å²) in [7, 11) is 4.02. The minimum absolute atomic E-state index is 0.595. The van der Waals surface area contributed by atoms with Crippen molar-refractivity contribution in [2.24, 2.45) is 7.05 Å². The Bertz CT molecular complexity index is 320. The second-order valence-electron chi connectivity index (χ2n) is 4.05. The highest BCUT2D eigenvalue weighted by Crippen LogP contribution is 2.21. The molecule has 0 spiro atoms. The minimum atomic E-state index is 0.595. The van der Waals surface area contributed by atoms with E-state index in [9.17, 15) is 0 Å². The van der Waals surface area contributed by atoms with Crippen molar-refractivity contribution >= 4 is 15.9 Å². The first kappa shape index (κ1) is 12.7. The highest BCUT2D eigenvalue weighted by Gasteiger charge is 2.10. The van der Waals surface area contributed by atoms with E-state index in [4.69, 9.17) is 0 Å². The van der Waals surface area contributed by atoms with E-state index in [-0.39, 0.29) is 0 Å². The van der Waals surface area contributed by atoms with Gasteiger partial charge >= 0.3 is 0 Å². The lowest BCUT2D eigenvalue weighted by Gasteiger charge is -2.09. The fraction of sp³-hybridized carbons (Fsp3) is 0.727. The normalized spacial score (nSPS) is 13.1. The second-order valence-corrected chi connectivity index (χ2v) is 4.84. The first-order chi connectivity index (χ1) is 7.06. The molecular formula is C11H20BrN3. The number of halogens is 1. The molecule has 0 saturated carbocycles. The number of nitrogens with zero attached hydrogens (tertiary/aromatic N) is 2. The minimum Gasteiger partial charge on any atom is -0.317 e. The molecule has 15 heavy (non-hydrogen) atoms. The Morgan fingerprint density at radius 1 is 1.53 bits per heavy atom. The molecule has 0 fully saturated rings. The number of aryl methyl sites for hydroxylation is 2. The van der Waals surface area contributed by atoms with E-state index in [1.807, 2.05) is 25.7 Å². The van der Waals surface area contributed by atoms with Gasteiger partial charge in [0.25, 0.3) is 0 Å². The molecule has 0 radical (unpaired) electrons. The van der Waals surface area contributed by atoms with E-state index < -0.39 is 0 Å². The van der Waals surface area contributed by atoms with E-state index >= 15 is 0 Å². The molecule has 1 aromatic heterocycles. The molecular weight excluding hydrogens is 254 g/mol. The van der Waals surface area contributed by atoms with Crippen molar-refractivity contribution in [3.05, 3.63) is 15.9 Å². The van der Waals surface area contributed by atoms with Crippen LogP contribution in [-0.4, -0.2) is 22.9 Å². The molecule has 0 aromatic carbocycles. The van der Waals surface area contributed by atoms with Crippen molar-refractivity contribution in [2.45, 2.75) is 39.2 Å². The van der Waals surface area contributed by atoms with Crippen molar-refractivity contribution in [3.63, 3.8) is 0 Å². The molecule has 4 heteroatoms. The monoisotopic (exact) mass is 273 g/mol. The smallest absolute Gasteiger partial charge is 0.0738 e. The number of hydrogen-bond donors (Lipinski definition) is 1. The van der Waals surface area contributed by atoms with Gasteiger partial charge in [-0.15, -0.1) is 0 Å². The van der Waals surface area contributed by atoms with Crippen LogP contribution in [0.2, 0.25) is 0 Å². The molecule has 1 heterocycles. The van der Waals surface area contributed by atoms with Crippen molar-refractivity contribution < 1.29 is 0 Å². The molecule has 1 rings (SSSR count). The van der Waals surface area contributed by atoms with Gasteiger partial charge in [0, 0.05) is 13.1 Å². The Morgan fingerprint density at radius 2 is 2.20 bits per heavy atom. The van der Waals surface area contributed by atoms with Crippen LogP contribution in [0.5, 0.6) is 0 Å². The number of hydrogen-bond acceptors (Lipinski definition) is 2. The molecule has 0 saturated heterocycles. The van der Waals surface area contributed by atoms with Gasteiger partial charge in [-0.25, -0.2) is 0 Å². The van der Waals surface area contributed by atoms with Gasteiger partial charge in [-0.1, -0.05) is 0 Å². The summed E-state index contributed by atoms with van der Waals surface area (Å²) in [5.41, 5.74) is 2.38. The van der Waals surface area contributed by atoms with E-state index in [2.05, 4.69) is 33.3 Å². The SMILES string of the molecule is CNC(C)CCCc1c(Br)c(C)nn1C. The number of nitrogens with one attached hydrogen (secondary N) is 1. The van der Waals surface area contributed by atoms with E-state index in [0.717, 1.165) is 12.1 Å². The largest absolute Gasteiger partial charge is 0.317 e. The van der Waals surface area contributed by atoms with Crippen LogP contribution in [0.25, 0.3) is 0 Å². The van der Waals surface area contributed by atoms with Crippen LogP contribution < -0.4 is 5.32 Å². The van der Waals surface area contributed by atoms with Crippen molar-refractivity contribution in [1.29, 1.82) is 0 Å². The molecule has 0 aliphatic heterocycles. The van der Waals surface area contributed by atoms with Crippen LogP contribution >= 0.6 is 15.9 Å². The van der Waals surface area contributed by atoms with Crippen molar-refractivity contribution in [2.75, 3.05) is 7.05 Å². The summed E-state index contributed by atoms with van der Waals surface area (Å²) in [6.07, 6.45) is 3.48. The van der Waals surface area contributed by atoms with Crippen LogP contribution in [-0.2, 0) is 13.5 Å². The fourth-order valence-corrected chi connectivity index (χ4v) is 2.21. The van der Waals surface area contributed by atoms with E-state index in [1.54, 1.807) is 0 Å². The van der Waals surface area contributed by atoms with E-state index in [0.29, 0.717) is 6.04 Å². The zero-order valence-corrected chi connectivity index (χ0v) is 11.6. The number of rotatable bonds is 5. The molecule has 0 amide bonds. The third kappa shape index (κ3) is 3.31. The quantitative estimate of drug-likeness (QED) is 0.893. The highest BCUT2D eigenvalue weighted by molar-refractivity contribution is 9.10. The number of aromatic nitrogens is 2. The van der Waals surface area contributed by atoms with Gasteiger partial charge in [0.05, 0.1) is 15.9 Å². The van der Waals surface area contributed by atoms with Gasteiger partial charge in [0.2, 0.25) is 0 Å². The van der Waals surface area contributed by atoms with Crippen molar-refractivity contribution in [3.8, 4) is 0 Å². The molecule has 1 atom stereocenters. The Balaban J connectivity index is 2.50. The molecule has 86 valence electrons. The molecule has 0 bridgehead atoms. The third-order valence-corrected chi connectivity index (χ3v) is 3.84. The third-order valence-electron chi connectivity index (χ3n) is 2.81. The summed E-state index contributed by atoms with van der Waals surface area (Å²) in [6, 6.07) is 0.595. The topological polar surface area (TPSA) is 29.9 Å². The molecule has 3 nitrogen and oxygen atoms in total. The predicted molar refractivity (Wildman–Crippen MR) is 67.1 cm³/mol. The molecule has 1 aromatic rings. The van der Waals surface area contributed by atoms with Crippen LogP contribution in [0.15, 0.2) is 4.47 Å². The van der Waals surface area contributed by atoms with Gasteiger partial charge in [0.15, 0.2) is 0 Å². The Morgan fingerprint density at radius 3 is 2.67 bits per heavy atom. The van der Waals surface area contributed by atoms with Crippen LogP contribution in [0.3, 0.4) is 0 Å². The zero-order chi connectivity index (χ0) is 11.4. The summed E-state index contributed by atoms with van der Waals surface area (Å²) >= 11 is 3.59. The van der Waals surface area contributed by atoms with Crippen LogP contribution in [0.4, 0.5) is 0 Å². The zero-order valence-electron chi connectivity index (χ0n) is 9.97. The van der Waals surface area contributed by atoms with Gasteiger partial charge in [0.1, 0.15) is 0 Å². The summed E-state index contributed by atoms with van der Waals surface area (Å²) < 4.78 is 3.14. The van der Waals surface area contributed by atoms with Crippen LogP contribution in [0.1, 0.15) is 31.2 Å². The standard InChI is InChI=1S/C11H20BrN3/c1-8(13-3)6-5-7-10-11(12)9(2)14-15(10)4/h8,13H,5-7H2,1-4H3. The average molecular weight is 274 g/mol. The summed E-state index contributed by atoms with van der Waals surface area (Å²) in [4.78, 5) is 0. The maximum Gasteiger partial charge on any atom is 0.0738 e. The van der Waals surface area contributed by atoms with Crippen LogP contribution in [0, 0.1) is 6.92 Å². The maximum absolute atomic E-state index is 4.38. The summed E-state index contributed by atoms with van der Waals surface area (Å²) in [5, 5.41) is 7.63. The van der Waals surface area contributed by atoms with Crippen molar-refractivity contribution in [1.82, 2.24) is 15.1 Å². The molecule has 1 N–H and O–H groups in total. The molecule has 1 unspecified atom stereocenters. The molecule has 0 aliphatic carbocycles. The highest BCUT2D eigenvalue weighted by atomic mass is 79.9.